The van der Waals surface area contributed by atoms with E-state index in [9.17, 15) is 9.59 Å². The van der Waals surface area contributed by atoms with E-state index in [0.717, 1.165) is 25.7 Å². The van der Waals surface area contributed by atoms with Crippen molar-refractivity contribution < 1.29 is 9.59 Å². The Morgan fingerprint density at radius 2 is 2.08 bits per heavy atom. The number of carbonyl (C=O) groups is 2. The highest BCUT2D eigenvalue weighted by Gasteiger charge is 2.14. The fourth-order valence-corrected chi connectivity index (χ4v) is 1.44. The van der Waals surface area contributed by atoms with Gasteiger partial charge < -0.3 is 0 Å². The third-order valence-corrected chi connectivity index (χ3v) is 2.14. The highest BCUT2D eigenvalue weighted by Crippen LogP contribution is 2.14. The van der Waals surface area contributed by atoms with E-state index >= 15 is 0 Å². The van der Waals surface area contributed by atoms with Gasteiger partial charge in [0.15, 0.2) is 11.6 Å². The molecule has 0 fully saturated rings. The fraction of sp³-hybridized carbons (Fsp3) is 0.600. The molecule has 66 valence electrons. The van der Waals surface area contributed by atoms with Gasteiger partial charge in [0.2, 0.25) is 0 Å². The lowest BCUT2D eigenvalue weighted by Gasteiger charge is -2.06. The van der Waals surface area contributed by atoms with Crippen molar-refractivity contribution in [1.82, 2.24) is 0 Å². The zero-order chi connectivity index (χ0) is 8.97. The van der Waals surface area contributed by atoms with E-state index in [-0.39, 0.29) is 11.6 Å². The largest absolute Gasteiger partial charge is 0.294 e. The highest BCUT2D eigenvalue weighted by atomic mass is 16.1. The Kier molecular flexibility index (Phi) is 3.20. The molecule has 0 radical (unpaired) electrons. The van der Waals surface area contributed by atoms with Gasteiger partial charge in [-0.25, -0.2) is 0 Å². The van der Waals surface area contributed by atoms with Crippen LogP contribution in [0.4, 0.5) is 0 Å². The first kappa shape index (κ1) is 9.17. The van der Waals surface area contributed by atoms with Crippen molar-refractivity contribution in [2.24, 2.45) is 0 Å². The van der Waals surface area contributed by atoms with Crippen LogP contribution < -0.4 is 0 Å². The van der Waals surface area contributed by atoms with Crippen molar-refractivity contribution in [3.63, 3.8) is 0 Å². The molecule has 0 aromatic rings. The zero-order valence-corrected chi connectivity index (χ0v) is 7.43. The van der Waals surface area contributed by atoms with Crippen molar-refractivity contribution in [3.05, 3.63) is 11.6 Å². The Labute approximate surface area is 72.7 Å². The van der Waals surface area contributed by atoms with Gasteiger partial charge in [-0.1, -0.05) is 12.5 Å². The standard InChI is InChI=1S/C10H14O2/c1-8(11)9-6-4-2-3-5-7-10(9)12/h6H,2-5,7H2,1H3. The molecule has 2 heteroatoms. The number of hydrogen-bond acceptors (Lipinski definition) is 2. The topological polar surface area (TPSA) is 34.1 Å². The number of hydrogen-bond donors (Lipinski definition) is 0. The summed E-state index contributed by atoms with van der Waals surface area (Å²) in [6, 6.07) is 0. The van der Waals surface area contributed by atoms with Crippen molar-refractivity contribution in [2.75, 3.05) is 0 Å². The molecule has 0 bridgehead atoms. The van der Waals surface area contributed by atoms with Gasteiger partial charge in [0.25, 0.3) is 0 Å². The first-order valence-corrected chi connectivity index (χ1v) is 4.46. The van der Waals surface area contributed by atoms with Crippen LogP contribution >= 0.6 is 0 Å². The average molecular weight is 166 g/mol. The van der Waals surface area contributed by atoms with Gasteiger partial charge in [-0.15, -0.1) is 0 Å². The van der Waals surface area contributed by atoms with Crippen LogP contribution in [0.25, 0.3) is 0 Å². The van der Waals surface area contributed by atoms with Crippen molar-refractivity contribution in [2.45, 2.75) is 39.0 Å². The molecule has 1 aliphatic rings. The minimum atomic E-state index is -0.0816. The van der Waals surface area contributed by atoms with Gasteiger partial charge in [-0.3, -0.25) is 9.59 Å². The molecule has 0 aliphatic heterocycles. The van der Waals surface area contributed by atoms with Crippen LogP contribution in [0.2, 0.25) is 0 Å². The second-order valence-electron chi connectivity index (χ2n) is 3.20. The van der Waals surface area contributed by atoms with Gasteiger partial charge in [0.1, 0.15) is 0 Å². The summed E-state index contributed by atoms with van der Waals surface area (Å²) < 4.78 is 0. The van der Waals surface area contributed by atoms with Crippen molar-refractivity contribution >= 4 is 11.6 Å². The second kappa shape index (κ2) is 4.19. The molecular weight excluding hydrogens is 152 g/mol. The Hall–Kier alpha value is -0.920. The normalized spacial score (nSPS) is 19.4. The minimum absolute atomic E-state index is 0.0298. The number of allylic oxidation sites excluding steroid dienone is 2. The van der Waals surface area contributed by atoms with E-state index in [0.29, 0.717) is 12.0 Å². The predicted octanol–water partition coefficient (Wildman–Crippen LogP) is 2.04. The SMILES string of the molecule is CC(=O)C1=CCCCCCC1=O. The lowest BCUT2D eigenvalue weighted by atomic mass is 9.97. The molecule has 0 aromatic heterocycles. The molecule has 0 atom stereocenters. The maximum atomic E-state index is 11.3. The minimum Gasteiger partial charge on any atom is -0.294 e. The van der Waals surface area contributed by atoms with E-state index in [1.807, 2.05) is 0 Å². The molecule has 0 N–H and O–H groups in total. The van der Waals surface area contributed by atoms with Crippen LogP contribution in [0.5, 0.6) is 0 Å². The summed E-state index contributed by atoms with van der Waals surface area (Å²) >= 11 is 0. The molecular formula is C10H14O2. The van der Waals surface area contributed by atoms with Crippen molar-refractivity contribution in [3.8, 4) is 0 Å². The number of ketones is 2. The van der Waals surface area contributed by atoms with Gasteiger partial charge in [0.05, 0.1) is 5.57 Å². The van der Waals surface area contributed by atoms with E-state index in [1.54, 1.807) is 6.08 Å². The van der Waals surface area contributed by atoms with E-state index in [1.165, 1.54) is 6.92 Å². The Bertz CT molecular complexity index is 226. The van der Waals surface area contributed by atoms with Crippen LogP contribution in [0.15, 0.2) is 11.6 Å². The molecule has 1 aliphatic carbocycles. The fourth-order valence-electron chi connectivity index (χ4n) is 1.44. The van der Waals surface area contributed by atoms with Gasteiger partial charge >= 0.3 is 0 Å². The van der Waals surface area contributed by atoms with Gasteiger partial charge in [-0.2, -0.15) is 0 Å². The predicted molar refractivity (Wildman–Crippen MR) is 46.9 cm³/mol. The third-order valence-electron chi connectivity index (χ3n) is 2.14. The van der Waals surface area contributed by atoms with Crippen LogP contribution in [0, 0.1) is 0 Å². The lowest BCUT2D eigenvalue weighted by Crippen LogP contribution is -2.11. The quantitative estimate of drug-likeness (QED) is 0.558. The Morgan fingerprint density at radius 1 is 1.33 bits per heavy atom. The third kappa shape index (κ3) is 2.29. The number of carbonyl (C=O) groups excluding carboxylic acids is 2. The molecule has 12 heavy (non-hydrogen) atoms. The first-order chi connectivity index (χ1) is 5.72. The lowest BCUT2D eigenvalue weighted by molar-refractivity contribution is -0.120. The van der Waals surface area contributed by atoms with Crippen LogP contribution in [-0.2, 0) is 9.59 Å². The smallest absolute Gasteiger partial charge is 0.166 e. The highest BCUT2D eigenvalue weighted by molar-refractivity contribution is 6.19. The zero-order valence-electron chi connectivity index (χ0n) is 7.43. The van der Waals surface area contributed by atoms with Crippen LogP contribution in [-0.4, -0.2) is 11.6 Å². The van der Waals surface area contributed by atoms with Crippen LogP contribution in [0.3, 0.4) is 0 Å². The van der Waals surface area contributed by atoms with E-state index in [4.69, 9.17) is 0 Å². The molecule has 0 heterocycles. The Balaban J connectivity index is 2.76. The molecule has 0 aromatic carbocycles. The maximum Gasteiger partial charge on any atom is 0.166 e. The molecule has 0 saturated carbocycles. The first-order valence-electron chi connectivity index (χ1n) is 4.46. The molecule has 0 amide bonds. The van der Waals surface area contributed by atoms with Gasteiger partial charge in [-0.05, 0) is 26.2 Å². The molecule has 0 spiro atoms. The van der Waals surface area contributed by atoms with Gasteiger partial charge in [0, 0.05) is 6.42 Å². The molecule has 0 saturated heterocycles. The maximum absolute atomic E-state index is 11.3. The summed E-state index contributed by atoms with van der Waals surface area (Å²) in [6.45, 7) is 1.46. The molecule has 1 rings (SSSR count). The summed E-state index contributed by atoms with van der Waals surface area (Å²) in [5.41, 5.74) is 0.426. The molecule has 0 unspecified atom stereocenters. The number of Topliss-reactive ketones (excluding diaryl/α,β-unsaturated/α-hetero) is 2. The van der Waals surface area contributed by atoms with E-state index < -0.39 is 0 Å². The average Bonchev–Trinajstić information content (AvgIpc) is 1.96. The summed E-state index contributed by atoms with van der Waals surface area (Å²) in [4.78, 5) is 22.3. The second-order valence-corrected chi connectivity index (χ2v) is 3.20. The summed E-state index contributed by atoms with van der Waals surface area (Å²) in [6.07, 6.45) is 6.36. The monoisotopic (exact) mass is 166 g/mol. The Morgan fingerprint density at radius 3 is 2.75 bits per heavy atom. The van der Waals surface area contributed by atoms with Crippen LogP contribution in [0.1, 0.15) is 39.0 Å². The summed E-state index contributed by atoms with van der Waals surface area (Å²) in [5.74, 6) is -0.0518. The summed E-state index contributed by atoms with van der Waals surface area (Å²) in [7, 11) is 0. The number of rotatable bonds is 1. The van der Waals surface area contributed by atoms with Crippen molar-refractivity contribution in [1.29, 1.82) is 0 Å². The summed E-state index contributed by atoms with van der Waals surface area (Å²) in [5, 5.41) is 0. The molecule has 2 nitrogen and oxygen atoms in total. The van der Waals surface area contributed by atoms with E-state index in [2.05, 4.69) is 0 Å².